The van der Waals surface area contributed by atoms with Gasteiger partial charge in [-0.3, -0.25) is 9.63 Å². The van der Waals surface area contributed by atoms with E-state index in [-0.39, 0.29) is 4.88 Å². The maximum atomic E-state index is 11.6. The molecule has 8 heteroatoms. The molecule has 0 saturated heterocycles. The van der Waals surface area contributed by atoms with Crippen LogP contribution in [0.3, 0.4) is 0 Å². The summed E-state index contributed by atoms with van der Waals surface area (Å²) in [5, 5.41) is 0. The lowest BCUT2D eigenvalue weighted by molar-refractivity contribution is -0.184. The molecule has 0 fully saturated rings. The van der Waals surface area contributed by atoms with Crippen LogP contribution < -0.4 is 5.48 Å². The van der Waals surface area contributed by atoms with Crippen LogP contribution in [-0.2, 0) is 4.84 Å². The molecule has 0 aliphatic carbocycles. The number of carbonyl (C=O) groups is 1. The van der Waals surface area contributed by atoms with Crippen LogP contribution in [0, 0.1) is 0 Å². The number of hydroxylamine groups is 1. The number of thiophene rings is 1. The Kier molecular flexibility index (Phi) is 4.12. The van der Waals surface area contributed by atoms with Gasteiger partial charge in [0, 0.05) is 0 Å². The predicted octanol–water partition coefficient (Wildman–Crippen LogP) is 2.73. The lowest BCUT2D eigenvalue weighted by atomic mass is 10.5. The lowest BCUT2D eigenvalue weighted by Crippen LogP contribution is -2.29. The number of nitrogens with one attached hydrogen (secondary N) is 1. The Morgan fingerprint density at radius 1 is 1.53 bits per heavy atom. The summed E-state index contributed by atoms with van der Waals surface area (Å²) in [6.45, 7) is -1.51. The van der Waals surface area contributed by atoms with Gasteiger partial charge in [-0.25, -0.2) is 5.48 Å². The van der Waals surface area contributed by atoms with Gasteiger partial charge >= 0.3 is 6.18 Å². The Morgan fingerprint density at radius 3 is 2.67 bits per heavy atom. The molecule has 0 radical (unpaired) electrons. The van der Waals surface area contributed by atoms with Gasteiger partial charge in [-0.15, -0.1) is 11.3 Å². The van der Waals surface area contributed by atoms with Crippen molar-refractivity contribution in [3.05, 3.63) is 20.8 Å². The molecular weight excluding hydrogens is 299 g/mol. The number of amides is 1. The maximum absolute atomic E-state index is 11.6. The second-order valence-corrected chi connectivity index (χ2v) is 4.90. The number of rotatable bonds is 3. The summed E-state index contributed by atoms with van der Waals surface area (Å²) < 4.78 is 35.6. The normalized spacial score (nSPS) is 11.5. The van der Waals surface area contributed by atoms with E-state index >= 15 is 0 Å². The smallest absolute Gasteiger partial charge is 0.266 e. The minimum Gasteiger partial charge on any atom is -0.266 e. The van der Waals surface area contributed by atoms with E-state index in [2.05, 4.69) is 20.8 Å². The first-order chi connectivity index (χ1) is 6.88. The van der Waals surface area contributed by atoms with Crippen LogP contribution in [0.1, 0.15) is 9.67 Å². The Labute approximate surface area is 95.3 Å². The summed E-state index contributed by atoms with van der Waals surface area (Å²) in [5.41, 5.74) is 1.70. The van der Waals surface area contributed by atoms with Crippen LogP contribution in [0.2, 0.25) is 0 Å². The molecule has 0 unspecified atom stereocenters. The largest absolute Gasteiger partial charge is 0.414 e. The van der Waals surface area contributed by atoms with E-state index in [4.69, 9.17) is 0 Å². The van der Waals surface area contributed by atoms with Crippen LogP contribution in [0.5, 0.6) is 0 Å². The van der Waals surface area contributed by atoms with Crippen molar-refractivity contribution in [3.8, 4) is 0 Å². The van der Waals surface area contributed by atoms with E-state index < -0.39 is 18.7 Å². The average molecular weight is 304 g/mol. The number of alkyl halides is 3. The van der Waals surface area contributed by atoms with Gasteiger partial charge in [-0.1, -0.05) is 0 Å². The van der Waals surface area contributed by atoms with Gasteiger partial charge < -0.3 is 0 Å². The highest BCUT2D eigenvalue weighted by atomic mass is 79.9. The molecule has 0 bridgehead atoms. The molecule has 1 rings (SSSR count). The molecule has 1 amide bonds. The molecule has 15 heavy (non-hydrogen) atoms. The van der Waals surface area contributed by atoms with Crippen molar-refractivity contribution in [3.63, 3.8) is 0 Å². The Morgan fingerprint density at radius 2 is 2.20 bits per heavy atom. The zero-order chi connectivity index (χ0) is 11.5. The van der Waals surface area contributed by atoms with E-state index in [9.17, 15) is 18.0 Å². The van der Waals surface area contributed by atoms with Crippen molar-refractivity contribution in [1.82, 2.24) is 5.48 Å². The second-order valence-electron chi connectivity index (χ2n) is 2.44. The number of carbonyl (C=O) groups excluding carboxylic acids is 1. The van der Waals surface area contributed by atoms with Crippen molar-refractivity contribution >= 4 is 33.2 Å². The van der Waals surface area contributed by atoms with Crippen molar-refractivity contribution in [2.45, 2.75) is 6.18 Å². The zero-order valence-corrected chi connectivity index (χ0v) is 9.50. The summed E-state index contributed by atoms with van der Waals surface area (Å²) in [6, 6.07) is 3.09. The molecule has 0 atom stereocenters. The van der Waals surface area contributed by atoms with Crippen molar-refractivity contribution < 1.29 is 22.8 Å². The topological polar surface area (TPSA) is 38.3 Å². The fourth-order valence-electron chi connectivity index (χ4n) is 0.670. The van der Waals surface area contributed by atoms with E-state index in [0.29, 0.717) is 3.79 Å². The molecule has 1 heterocycles. The molecule has 0 spiro atoms. The van der Waals surface area contributed by atoms with E-state index in [0.717, 1.165) is 11.3 Å². The molecule has 1 N–H and O–H groups in total. The molecule has 3 nitrogen and oxygen atoms in total. The fraction of sp³-hybridized carbons (Fsp3) is 0.286. The number of hydrogen-bond acceptors (Lipinski definition) is 3. The summed E-state index contributed by atoms with van der Waals surface area (Å²) in [4.78, 5) is 15.4. The van der Waals surface area contributed by atoms with Gasteiger partial charge in [-0.2, -0.15) is 13.2 Å². The maximum Gasteiger partial charge on any atom is 0.414 e. The van der Waals surface area contributed by atoms with Gasteiger partial charge in [0.15, 0.2) is 6.61 Å². The molecule has 84 valence electrons. The predicted molar refractivity (Wildman–Crippen MR) is 51.5 cm³/mol. The Balaban J connectivity index is 2.37. The van der Waals surface area contributed by atoms with Crippen molar-refractivity contribution in [2.75, 3.05) is 6.61 Å². The Hall–Kier alpha value is -0.600. The van der Waals surface area contributed by atoms with Gasteiger partial charge in [0.2, 0.25) is 0 Å². The third-order valence-electron chi connectivity index (χ3n) is 1.20. The minimum absolute atomic E-state index is 0.268. The highest BCUT2D eigenvalue weighted by molar-refractivity contribution is 9.11. The van der Waals surface area contributed by atoms with Crippen LogP contribution in [0.4, 0.5) is 13.2 Å². The first-order valence-corrected chi connectivity index (χ1v) is 5.23. The van der Waals surface area contributed by atoms with E-state index in [1.165, 1.54) is 6.07 Å². The summed E-state index contributed by atoms with van der Waals surface area (Å²) >= 11 is 4.22. The highest BCUT2D eigenvalue weighted by Gasteiger charge is 2.28. The summed E-state index contributed by atoms with van der Waals surface area (Å²) in [7, 11) is 0. The van der Waals surface area contributed by atoms with Crippen LogP contribution in [-0.4, -0.2) is 18.7 Å². The van der Waals surface area contributed by atoms with Gasteiger partial charge in [-0.05, 0) is 28.1 Å². The number of halogens is 4. The third kappa shape index (κ3) is 4.63. The van der Waals surface area contributed by atoms with Crippen molar-refractivity contribution in [2.24, 2.45) is 0 Å². The molecule has 1 aromatic heterocycles. The summed E-state index contributed by atoms with van der Waals surface area (Å²) in [6.07, 6.45) is -4.46. The third-order valence-corrected chi connectivity index (χ3v) is 2.82. The highest BCUT2D eigenvalue weighted by Crippen LogP contribution is 2.21. The standard InChI is InChI=1S/C7H5BrF3NO2S/c8-5-2-1-4(15-5)6(13)12-14-3-7(9,10)11/h1-2H,3H2,(H,12,13). The fourth-order valence-corrected chi connectivity index (χ4v) is 1.94. The molecular formula is C7H5BrF3NO2S. The molecule has 0 aliphatic heterocycles. The first-order valence-electron chi connectivity index (χ1n) is 3.63. The van der Waals surface area contributed by atoms with E-state index in [1.54, 1.807) is 11.5 Å². The molecule has 0 aromatic carbocycles. The quantitative estimate of drug-likeness (QED) is 0.872. The minimum atomic E-state index is -4.46. The van der Waals surface area contributed by atoms with Crippen LogP contribution in [0.15, 0.2) is 15.9 Å². The van der Waals surface area contributed by atoms with Crippen LogP contribution >= 0.6 is 27.3 Å². The monoisotopic (exact) mass is 303 g/mol. The molecule has 0 saturated carbocycles. The van der Waals surface area contributed by atoms with Gasteiger partial charge in [0.25, 0.3) is 5.91 Å². The first kappa shape index (κ1) is 12.5. The molecule has 0 aliphatic rings. The number of hydrogen-bond donors (Lipinski definition) is 1. The summed E-state index contributed by atoms with van der Waals surface area (Å²) in [5.74, 6) is -0.699. The SMILES string of the molecule is O=C(NOCC(F)(F)F)c1ccc(Br)s1. The zero-order valence-electron chi connectivity index (χ0n) is 7.10. The molecule has 1 aromatic rings. The van der Waals surface area contributed by atoms with Crippen LogP contribution in [0.25, 0.3) is 0 Å². The Bertz CT molecular complexity index is 352. The van der Waals surface area contributed by atoms with Gasteiger partial charge in [0.05, 0.1) is 8.66 Å². The van der Waals surface area contributed by atoms with Gasteiger partial charge in [0.1, 0.15) is 0 Å². The van der Waals surface area contributed by atoms with Crippen molar-refractivity contribution in [1.29, 1.82) is 0 Å². The lowest BCUT2D eigenvalue weighted by Gasteiger charge is -2.06. The van der Waals surface area contributed by atoms with E-state index in [1.807, 2.05) is 0 Å². The second kappa shape index (κ2) is 4.95. The average Bonchev–Trinajstić information content (AvgIpc) is 2.49.